The number of rotatable bonds is 15. The zero-order valence-corrected chi connectivity index (χ0v) is 71.4. The molecular weight excluding hydrogens is 1680 g/mol. The van der Waals surface area contributed by atoms with Gasteiger partial charge in [-0.05, 0) is 117 Å². The summed E-state index contributed by atoms with van der Waals surface area (Å²) in [7, 11) is 0. The van der Waals surface area contributed by atoms with E-state index in [2.05, 4.69) is 25.3 Å². The van der Waals surface area contributed by atoms with Gasteiger partial charge >= 0.3 is 28.8 Å². The fourth-order valence-corrected chi connectivity index (χ4v) is 21.9. The lowest BCUT2D eigenvalue weighted by Gasteiger charge is -2.38. The molecule has 13 fully saturated rings. The van der Waals surface area contributed by atoms with Crippen LogP contribution in [-0.4, -0.2) is 246 Å². The fourth-order valence-electron chi connectivity index (χ4n) is 20.2. The fraction of sp³-hybridized carbons (Fsp3) is 0.753. The van der Waals surface area contributed by atoms with Crippen LogP contribution < -0.4 is 56.4 Å². The molecule has 1 unspecified atom stereocenters. The molecule has 4 saturated carbocycles. The molecule has 43 heteroatoms. The molecule has 0 aromatic carbocycles. The summed E-state index contributed by atoms with van der Waals surface area (Å²) >= 11 is 30.7. The second kappa shape index (κ2) is 33.3. The maximum atomic E-state index is 12.5. The molecule has 4 aliphatic carbocycles. The summed E-state index contributed by atoms with van der Waals surface area (Å²) in [4.78, 5) is 97.4. The molecule has 38 nitrogen and oxygen atoms in total. The number of amides is 2. The molecule has 4 aromatic heterocycles. The number of hydrogen-bond acceptors (Lipinski definition) is 30. The molecule has 14 aliphatic rings. The van der Waals surface area contributed by atoms with Gasteiger partial charge in [0.25, 0.3) is 11.1 Å². The minimum absolute atomic E-state index is 0.0108. The van der Waals surface area contributed by atoms with Crippen LogP contribution in [0.4, 0.5) is 16.4 Å². The minimum Gasteiger partial charge on any atom is -0.393 e. The van der Waals surface area contributed by atoms with Gasteiger partial charge in [0.05, 0.1) is 55.4 Å². The number of nitrogens with one attached hydrogen (secondary N) is 3. The summed E-state index contributed by atoms with van der Waals surface area (Å²) in [5.74, 6) is -2.25. The van der Waals surface area contributed by atoms with Crippen LogP contribution in [0, 0.1) is 0 Å². The number of hydrogen-bond donors (Lipinski definition) is 11. The molecule has 14 N–H and O–H groups in total. The van der Waals surface area contributed by atoms with Gasteiger partial charge in [0.1, 0.15) is 98.2 Å². The van der Waals surface area contributed by atoms with Crippen molar-refractivity contribution in [1.82, 2.24) is 48.4 Å². The first-order chi connectivity index (χ1) is 56.8. The number of nitrogens with zero attached hydrogens (tertiary/aromatic N) is 7. The maximum Gasteiger partial charge on any atom is 0.351 e. The number of anilines is 2. The number of ether oxygens (including phenoxy) is 13. The van der Waals surface area contributed by atoms with Gasteiger partial charge < -0.3 is 110 Å². The van der Waals surface area contributed by atoms with E-state index in [9.17, 15) is 59.1 Å². The van der Waals surface area contributed by atoms with E-state index in [1.54, 1.807) is 19.2 Å². The van der Waals surface area contributed by atoms with E-state index in [-0.39, 0.29) is 72.5 Å². The number of aliphatic hydroxyl groups excluding tert-OH is 4. The minimum atomic E-state index is -1.83. The molecule has 10 aliphatic heterocycles. The number of aromatic amines is 2. The van der Waals surface area contributed by atoms with Crippen LogP contribution in [0.2, 0.25) is 0 Å². The van der Waals surface area contributed by atoms with Crippen LogP contribution in [0.25, 0.3) is 0 Å². The van der Waals surface area contributed by atoms with Crippen molar-refractivity contribution in [2.75, 3.05) is 60.7 Å². The van der Waals surface area contributed by atoms with Crippen molar-refractivity contribution in [2.45, 2.75) is 311 Å². The maximum absolute atomic E-state index is 12.5. The van der Waals surface area contributed by atoms with E-state index in [1.165, 1.54) is 74.6 Å². The summed E-state index contributed by atoms with van der Waals surface area (Å²) in [6, 6.07) is 5.11. The van der Waals surface area contributed by atoms with Gasteiger partial charge in [-0.15, -0.1) is 58.0 Å². The molecule has 21 atom stereocenters. The van der Waals surface area contributed by atoms with Crippen molar-refractivity contribution in [3.63, 3.8) is 0 Å². The standard InChI is InChI=1S/C17H26ClN3O4.C17H23ClN2O5.C16H22ClN3O5.C16H21ClN2O6.C11H16ClN3O5/c1-3-16(10-18)12-15(2,25-17(23-12)7-4-5-8-17)13(24-16)21-9-6-11(19)20-14(21)22;1-3-16(10-18)12-15(2,25-17(23-12)7-4-5-8-17)13(24-16)20-9-6-11(21)19-14(20)22;1-14-11(23-16(25-14)5-2-3-6-16)15(8-17,9-21)24-12(14)20-7-4-10(18)19-13(20)22;1-14-11(23-16(25-14)5-2-3-6-16)15(8-17,9-20)24-12(14)19-7-4-10(21)18-13(19)22;1-10(19)7(17)11(4-12,5-16)20-8(10)15-3-2-6(13)14-9(15)18/h6,9,11-13H,3-5,7-8,10,19H2,1-2H3,(H,20,22);6,9,12-13H,3-5,7-8,10H2,1-2H3,(H,19,21,22);4,7,11-12,21H,2-3,5-6,8-9H2,1H3,(H2,18,19,22);4,7,11-12,20H,2-3,5-6,8-9H2,1H3,(H,18,21,22);2-3,7-8,16-17,19H,4-5H2,1H3,(H2,13,14,18)/t11?,12-,13+,15+,16-;12-,13+,15+,16-;2*11-,12+,14+,15+;7-,8+,10+,11+/m00000/s1. The van der Waals surface area contributed by atoms with Gasteiger partial charge in [0, 0.05) is 94.5 Å². The third-order valence-corrected chi connectivity index (χ3v) is 28.7. The number of aromatic nitrogens is 8. The van der Waals surface area contributed by atoms with Gasteiger partial charge in [-0.3, -0.25) is 42.7 Å². The highest BCUT2D eigenvalue weighted by molar-refractivity contribution is 6.19. The lowest BCUT2D eigenvalue weighted by atomic mass is 9.86. The Kier molecular flexibility index (Phi) is 25.2. The molecule has 2 amide bonds. The highest BCUT2D eigenvalue weighted by atomic mass is 35.5. The van der Waals surface area contributed by atoms with Crippen LogP contribution in [0.1, 0.15) is 189 Å². The Morgan fingerprint density at radius 3 is 1.05 bits per heavy atom. The third kappa shape index (κ3) is 15.1. The summed E-state index contributed by atoms with van der Waals surface area (Å²) in [6.45, 7) is 11.5. The van der Waals surface area contributed by atoms with Gasteiger partial charge in [-0.2, -0.15) is 9.97 Å². The van der Waals surface area contributed by atoms with Crippen molar-refractivity contribution in [3.05, 3.63) is 124 Å². The van der Waals surface area contributed by atoms with Crippen LogP contribution in [-0.2, 0) is 61.6 Å². The molecule has 120 heavy (non-hydrogen) atoms. The topological polar surface area (TPSA) is 511 Å². The summed E-state index contributed by atoms with van der Waals surface area (Å²) in [5, 5.41) is 52.7. The van der Waals surface area contributed by atoms with Crippen molar-refractivity contribution >= 4 is 75.7 Å². The average Bonchev–Trinajstić information content (AvgIpc) is 1.55. The first-order valence-electron chi connectivity index (χ1n) is 40.6. The normalized spacial score (nSPS) is 40.1. The van der Waals surface area contributed by atoms with Crippen LogP contribution in [0.3, 0.4) is 0 Å². The number of aliphatic hydroxyl groups is 5. The van der Waals surface area contributed by atoms with Crippen molar-refractivity contribution in [1.29, 1.82) is 0 Å². The second-order valence-electron chi connectivity index (χ2n) is 34.6. The van der Waals surface area contributed by atoms with E-state index in [0.717, 1.165) is 107 Å². The lowest BCUT2D eigenvalue weighted by Crippen LogP contribution is -2.58. The summed E-state index contributed by atoms with van der Waals surface area (Å²) < 4.78 is 86.4. The number of carbonyl (C=O) groups is 1. The number of carbonyl (C=O) groups excluding carboxylic acids is 1. The predicted octanol–water partition coefficient (Wildman–Crippen LogP) is 3.58. The molecule has 4 spiro atoms. The Hall–Kier alpha value is -5.58. The molecule has 0 bridgehead atoms. The Morgan fingerprint density at radius 2 is 0.742 bits per heavy atom. The van der Waals surface area contributed by atoms with Crippen molar-refractivity contribution in [2.24, 2.45) is 5.73 Å². The van der Waals surface area contributed by atoms with Gasteiger partial charge in [-0.1, -0.05) is 13.8 Å². The van der Waals surface area contributed by atoms with Gasteiger partial charge in [-0.25, -0.2) is 24.0 Å². The number of nitrogen functional groups attached to an aromatic ring is 2. The zero-order valence-electron chi connectivity index (χ0n) is 67.7. The highest BCUT2D eigenvalue weighted by Crippen LogP contribution is 2.63. The number of urea groups is 1. The van der Waals surface area contributed by atoms with Crippen molar-refractivity contribution < 1.29 is 91.9 Å². The monoisotopic (exact) mass is 1790 g/mol. The van der Waals surface area contributed by atoms with E-state index < -0.39 is 175 Å². The number of H-pyrrole nitrogens is 2. The van der Waals surface area contributed by atoms with E-state index in [0.29, 0.717) is 12.8 Å². The van der Waals surface area contributed by atoms with Crippen LogP contribution in [0.5, 0.6) is 0 Å². The SMILES string of the molecule is CC[C@@]1(CCl)O[C@@H](N2C=CC(N)NC2=O)[C@]2(C)OC3(CCCC3)O[C@H]12.CC[C@@]1(CCl)O[C@@H](n2ccc(=O)[nH]c2=O)[C@]2(C)OC3(CCCC3)O[C@H]12.C[C@@]1(O)[C@H](O)[C@](CO)(CCl)O[C@H]1n1ccc(N)nc1=O.C[C@@]12OC3(CCCC3)O[C@@H]1[C@](CO)(CCl)O[C@H]2n1ccc(=O)[nH]c1=O.C[C@@]12OC3(CCCC3)O[C@@H]1[C@](CO)(CCl)O[C@H]2n1ccc(N)nc1=O. The lowest BCUT2D eigenvalue weighted by molar-refractivity contribution is -0.248. The molecule has 0 radical (unpaired) electrons. The molecule has 14 heterocycles. The van der Waals surface area contributed by atoms with E-state index in [1.807, 2.05) is 34.6 Å². The summed E-state index contributed by atoms with van der Waals surface area (Å²) in [6.07, 6.45) is 16.7. The largest absolute Gasteiger partial charge is 0.393 e. The highest BCUT2D eigenvalue weighted by Gasteiger charge is 2.77. The molecule has 666 valence electrons. The zero-order chi connectivity index (χ0) is 86.6. The number of alkyl halides is 5. The predicted molar refractivity (Wildman–Crippen MR) is 429 cm³/mol. The Bertz CT molecular complexity index is 4670. The average molecular weight is 1790 g/mol. The van der Waals surface area contributed by atoms with Crippen molar-refractivity contribution in [3.8, 4) is 0 Å². The first kappa shape index (κ1) is 90.7. The Labute approximate surface area is 713 Å². The molecule has 4 aromatic rings. The van der Waals surface area contributed by atoms with Crippen LogP contribution in [0.15, 0.2) is 90.1 Å². The van der Waals surface area contributed by atoms with Gasteiger partial charge in [0.15, 0.2) is 54.3 Å². The number of nitrogens with two attached hydrogens (primary N) is 3. The number of halogens is 5. The Morgan fingerprint density at radius 1 is 0.442 bits per heavy atom. The van der Waals surface area contributed by atoms with E-state index >= 15 is 0 Å². The van der Waals surface area contributed by atoms with E-state index in [4.69, 9.17) is 137 Å². The quantitative estimate of drug-likeness (QED) is 0.0758. The second-order valence-corrected chi connectivity index (χ2v) is 35.9. The summed E-state index contributed by atoms with van der Waals surface area (Å²) in [5.41, 5.74) is 2.50. The third-order valence-electron chi connectivity index (χ3n) is 26.4. The number of fused-ring (bicyclic) bond motifs is 4. The van der Waals surface area contributed by atoms with Crippen LogP contribution >= 0.6 is 58.0 Å². The van der Waals surface area contributed by atoms with Gasteiger partial charge in [0.2, 0.25) is 0 Å². The smallest absolute Gasteiger partial charge is 0.351 e. The molecule has 18 rings (SSSR count). The molecular formula is C77H108Cl5N13O25. The first-order valence-corrected chi connectivity index (χ1v) is 43.3. The molecule has 9 saturated heterocycles. The Balaban J connectivity index is 0.000000123.